The molecule has 3 aromatic rings. The average molecular weight is 645 g/mol. The fourth-order valence-electron chi connectivity index (χ4n) is 5.49. The molecule has 3 amide bonds. The number of hydrogen-bond acceptors (Lipinski definition) is 6. The van der Waals surface area contributed by atoms with Crippen LogP contribution in [-0.4, -0.2) is 77.5 Å². The van der Waals surface area contributed by atoms with Crippen LogP contribution in [0.2, 0.25) is 0 Å². The van der Waals surface area contributed by atoms with Crippen LogP contribution in [0.1, 0.15) is 50.0 Å². The fraction of sp³-hybridized carbons (Fsp3) is 0.432. The highest BCUT2D eigenvalue weighted by atomic mass is 32.1. The summed E-state index contributed by atoms with van der Waals surface area (Å²) in [6, 6.07) is 20.3. The lowest BCUT2D eigenvalue weighted by Gasteiger charge is -2.37. The maximum absolute atomic E-state index is 14.4. The number of hydrogen-bond donors (Lipinski definition) is 3. The van der Waals surface area contributed by atoms with Crippen LogP contribution in [0.15, 0.2) is 84.3 Å². The summed E-state index contributed by atoms with van der Waals surface area (Å²) in [7, 11) is 3.27. The molecule has 4 rings (SSSR count). The van der Waals surface area contributed by atoms with E-state index in [1.807, 2.05) is 92.0 Å². The molecule has 1 heterocycles. The first kappa shape index (κ1) is 35.1. The molecule has 8 nitrogen and oxygen atoms in total. The summed E-state index contributed by atoms with van der Waals surface area (Å²) in [6.45, 7) is 3.89. The van der Waals surface area contributed by atoms with Crippen molar-refractivity contribution in [1.29, 1.82) is 0 Å². The lowest BCUT2D eigenvalue weighted by molar-refractivity contribution is -0.146. The minimum absolute atomic E-state index is 0.0888. The zero-order valence-corrected chi connectivity index (χ0v) is 28.3. The first-order valence-electron chi connectivity index (χ1n) is 16.0. The topological polar surface area (TPSA) is 116 Å². The number of likely N-dealkylation sites (N-methyl/N-ethyl adjacent to an activating group) is 2. The SMILES string of the molecule is CN(C(=O)C=CCC1(N)CCC1)[C@H](Cc1ccc(-c2ccccc2)cc1)C(=O)N(C)[C@H](Cc1cccs1)C(=O)NCC(C)(C)CO. The largest absolute Gasteiger partial charge is 0.396 e. The van der Waals surface area contributed by atoms with Crippen molar-refractivity contribution in [3.8, 4) is 11.1 Å². The molecule has 1 saturated carbocycles. The van der Waals surface area contributed by atoms with Gasteiger partial charge in [0.25, 0.3) is 0 Å². The number of amides is 3. The van der Waals surface area contributed by atoms with Crippen LogP contribution in [-0.2, 0) is 27.2 Å². The normalized spacial score (nSPS) is 15.5. The van der Waals surface area contributed by atoms with E-state index in [0.29, 0.717) is 12.8 Å². The van der Waals surface area contributed by atoms with E-state index in [2.05, 4.69) is 5.32 Å². The van der Waals surface area contributed by atoms with E-state index in [-0.39, 0.29) is 42.8 Å². The second-order valence-corrected chi connectivity index (χ2v) is 14.4. The molecule has 1 aliphatic rings. The quantitative estimate of drug-likeness (QED) is 0.205. The van der Waals surface area contributed by atoms with Crippen LogP contribution >= 0.6 is 11.3 Å². The fourth-order valence-corrected chi connectivity index (χ4v) is 6.23. The molecule has 2 atom stereocenters. The van der Waals surface area contributed by atoms with Gasteiger partial charge in [0.2, 0.25) is 17.7 Å². The lowest BCUT2D eigenvalue weighted by Crippen LogP contribution is -2.56. The summed E-state index contributed by atoms with van der Waals surface area (Å²) in [6.07, 6.45) is 7.53. The molecule has 0 saturated heterocycles. The first-order valence-corrected chi connectivity index (χ1v) is 16.8. The van der Waals surface area contributed by atoms with Crippen molar-refractivity contribution in [3.63, 3.8) is 0 Å². The van der Waals surface area contributed by atoms with Crippen molar-refractivity contribution in [2.45, 2.75) is 70.0 Å². The van der Waals surface area contributed by atoms with Crippen LogP contribution < -0.4 is 11.1 Å². The summed E-state index contributed by atoms with van der Waals surface area (Å²) >= 11 is 1.52. The molecule has 246 valence electrons. The highest BCUT2D eigenvalue weighted by molar-refractivity contribution is 7.09. The van der Waals surface area contributed by atoms with Crippen LogP contribution in [0.25, 0.3) is 11.1 Å². The number of rotatable bonds is 15. The molecular weight excluding hydrogens is 596 g/mol. The summed E-state index contributed by atoms with van der Waals surface area (Å²) in [5.41, 5.74) is 8.64. The molecule has 1 aromatic heterocycles. The average Bonchev–Trinajstić information content (AvgIpc) is 3.57. The number of carbonyl (C=O) groups is 3. The summed E-state index contributed by atoms with van der Waals surface area (Å²) < 4.78 is 0. The smallest absolute Gasteiger partial charge is 0.246 e. The Bertz CT molecular complexity index is 1470. The molecule has 1 aliphatic carbocycles. The van der Waals surface area contributed by atoms with Gasteiger partial charge in [-0.25, -0.2) is 0 Å². The number of aliphatic hydroxyl groups excluding tert-OH is 1. The van der Waals surface area contributed by atoms with E-state index in [1.54, 1.807) is 14.1 Å². The van der Waals surface area contributed by atoms with Crippen molar-refractivity contribution in [1.82, 2.24) is 15.1 Å². The number of thiophene rings is 1. The number of nitrogens with zero attached hydrogens (tertiary/aromatic N) is 2. The maximum Gasteiger partial charge on any atom is 0.246 e. The second-order valence-electron chi connectivity index (χ2n) is 13.3. The molecular formula is C37H48N4O4S. The molecule has 4 N–H and O–H groups in total. The Morgan fingerprint density at radius 1 is 0.957 bits per heavy atom. The van der Waals surface area contributed by atoms with Gasteiger partial charge in [-0.2, -0.15) is 0 Å². The lowest BCUT2D eigenvalue weighted by atomic mass is 9.75. The summed E-state index contributed by atoms with van der Waals surface area (Å²) in [4.78, 5) is 45.4. The van der Waals surface area contributed by atoms with Crippen molar-refractivity contribution in [2.75, 3.05) is 27.2 Å². The second kappa shape index (κ2) is 15.7. The van der Waals surface area contributed by atoms with E-state index in [4.69, 9.17) is 5.73 Å². The van der Waals surface area contributed by atoms with Gasteiger partial charge in [-0.1, -0.05) is 80.6 Å². The summed E-state index contributed by atoms with van der Waals surface area (Å²) in [5, 5.41) is 14.6. The van der Waals surface area contributed by atoms with E-state index in [0.717, 1.165) is 40.8 Å². The highest BCUT2D eigenvalue weighted by Crippen LogP contribution is 2.32. The third-order valence-corrected chi connectivity index (χ3v) is 9.88. The predicted molar refractivity (Wildman–Crippen MR) is 185 cm³/mol. The van der Waals surface area contributed by atoms with Crippen molar-refractivity contribution in [2.24, 2.45) is 11.1 Å². The number of carbonyl (C=O) groups excluding carboxylic acids is 3. The van der Waals surface area contributed by atoms with Gasteiger partial charge < -0.3 is 26.0 Å². The van der Waals surface area contributed by atoms with E-state index < -0.39 is 17.5 Å². The highest BCUT2D eigenvalue weighted by Gasteiger charge is 2.36. The molecule has 0 bridgehead atoms. The number of nitrogens with two attached hydrogens (primary N) is 1. The van der Waals surface area contributed by atoms with Gasteiger partial charge in [0.1, 0.15) is 12.1 Å². The van der Waals surface area contributed by atoms with Gasteiger partial charge in [0.05, 0.1) is 0 Å². The van der Waals surface area contributed by atoms with Gasteiger partial charge in [0.15, 0.2) is 0 Å². The zero-order chi connectivity index (χ0) is 33.3. The Kier molecular flexibility index (Phi) is 11.9. The molecule has 46 heavy (non-hydrogen) atoms. The molecule has 2 aromatic carbocycles. The van der Waals surface area contributed by atoms with Crippen LogP contribution in [0, 0.1) is 5.41 Å². The van der Waals surface area contributed by atoms with Gasteiger partial charge in [-0.05, 0) is 59.9 Å². The minimum atomic E-state index is -0.854. The maximum atomic E-state index is 14.4. The van der Waals surface area contributed by atoms with Crippen LogP contribution in [0.5, 0.6) is 0 Å². The zero-order valence-electron chi connectivity index (χ0n) is 27.4. The van der Waals surface area contributed by atoms with E-state index in [1.165, 1.54) is 27.2 Å². The molecule has 0 unspecified atom stereocenters. The Balaban J connectivity index is 1.59. The third-order valence-electron chi connectivity index (χ3n) is 8.99. The first-order chi connectivity index (χ1) is 21.9. The third kappa shape index (κ3) is 9.37. The number of aliphatic hydroxyl groups is 1. The monoisotopic (exact) mass is 644 g/mol. The predicted octanol–water partition coefficient (Wildman–Crippen LogP) is 4.82. The molecule has 0 radical (unpaired) electrons. The van der Waals surface area contributed by atoms with Gasteiger partial charge >= 0.3 is 0 Å². The number of nitrogens with one attached hydrogen (secondary N) is 1. The van der Waals surface area contributed by atoms with Crippen molar-refractivity contribution in [3.05, 3.63) is 94.7 Å². The van der Waals surface area contributed by atoms with Crippen LogP contribution in [0.3, 0.4) is 0 Å². The Labute approximate surface area is 277 Å². The van der Waals surface area contributed by atoms with E-state index >= 15 is 0 Å². The van der Waals surface area contributed by atoms with Gasteiger partial charge in [0, 0.05) is 55.9 Å². The molecule has 9 heteroatoms. The Morgan fingerprint density at radius 3 is 2.22 bits per heavy atom. The summed E-state index contributed by atoms with van der Waals surface area (Å²) in [5.74, 6) is -0.928. The standard InChI is InChI=1S/C37H48N4O4S/c1-36(2,26-42)25-39-34(44)31(24-30-13-9-22-46-30)41(4)35(45)32(40(3)33(43)14-8-19-37(38)20-10-21-37)23-27-15-17-29(18-16-27)28-11-6-5-7-12-28/h5-9,11-18,22,31-32,42H,10,19-21,23-26,38H2,1-4H3,(H,39,44)/t31-,32-/m1/s1. The minimum Gasteiger partial charge on any atom is -0.396 e. The van der Waals surface area contributed by atoms with Crippen molar-refractivity contribution < 1.29 is 19.5 Å². The van der Waals surface area contributed by atoms with Crippen LogP contribution in [0.4, 0.5) is 0 Å². The van der Waals surface area contributed by atoms with Crippen molar-refractivity contribution >= 4 is 29.1 Å². The Hall–Kier alpha value is -3.79. The van der Waals surface area contributed by atoms with E-state index in [9.17, 15) is 19.5 Å². The molecule has 0 aliphatic heterocycles. The van der Waals surface area contributed by atoms with Gasteiger partial charge in [-0.3, -0.25) is 14.4 Å². The molecule has 1 fully saturated rings. The Morgan fingerprint density at radius 2 is 1.63 bits per heavy atom. The van der Waals surface area contributed by atoms with Gasteiger partial charge in [-0.15, -0.1) is 11.3 Å². The number of benzene rings is 2. The molecule has 0 spiro atoms.